The molecule has 0 aliphatic heterocycles. The summed E-state index contributed by atoms with van der Waals surface area (Å²) in [5.41, 5.74) is 1.27. The van der Waals surface area contributed by atoms with E-state index in [1.165, 1.54) is 0 Å². The molecule has 0 spiro atoms. The Morgan fingerprint density at radius 1 is 0.810 bits per heavy atom. The highest BCUT2D eigenvalue weighted by atomic mass is 31.1. The van der Waals surface area contributed by atoms with Crippen LogP contribution in [0.3, 0.4) is 0 Å². The van der Waals surface area contributed by atoms with Crippen molar-refractivity contribution in [1.82, 2.24) is 0 Å². The minimum absolute atomic E-state index is 0.236. The van der Waals surface area contributed by atoms with E-state index in [1.54, 1.807) is 6.07 Å². The minimum Gasteiger partial charge on any atom is -0.318 e. The van der Waals surface area contributed by atoms with Gasteiger partial charge >= 0.3 is 0 Å². The van der Waals surface area contributed by atoms with Crippen molar-refractivity contribution in [3.63, 3.8) is 0 Å². The Morgan fingerprint density at radius 3 is 2.29 bits per heavy atom. The van der Waals surface area contributed by atoms with Gasteiger partial charge < -0.3 is 4.57 Å². The van der Waals surface area contributed by atoms with Crippen molar-refractivity contribution in [3.05, 3.63) is 83.9 Å². The van der Waals surface area contributed by atoms with E-state index in [4.69, 9.17) is 0 Å². The zero-order chi connectivity index (χ0) is 14.7. The lowest BCUT2D eigenvalue weighted by Gasteiger charge is -2.06. The molecule has 104 valence electrons. The molecule has 0 saturated carbocycles. The molecule has 0 aliphatic carbocycles. The van der Waals surface area contributed by atoms with Crippen molar-refractivity contribution in [2.75, 3.05) is 0 Å². The van der Waals surface area contributed by atoms with Crippen molar-refractivity contribution in [2.45, 2.75) is 6.16 Å². The second kappa shape index (κ2) is 6.07. The summed E-state index contributed by atoms with van der Waals surface area (Å²) in [4.78, 5) is 12.5. The summed E-state index contributed by atoms with van der Waals surface area (Å²) >= 11 is 0. The fraction of sp³-hybridized carbons (Fsp3) is 0.0556. The SMILES string of the molecule is O=C(c1cccc2ccccc12)[PH](=O)Cc1ccccc1. The summed E-state index contributed by atoms with van der Waals surface area (Å²) in [5, 5.41) is 1.87. The molecule has 0 fully saturated rings. The molecule has 3 heteroatoms. The summed E-state index contributed by atoms with van der Waals surface area (Å²) in [7, 11) is -2.35. The van der Waals surface area contributed by atoms with E-state index in [0.717, 1.165) is 16.3 Å². The first-order valence-electron chi connectivity index (χ1n) is 6.85. The van der Waals surface area contributed by atoms with Crippen LogP contribution in [0.25, 0.3) is 10.8 Å². The predicted octanol–water partition coefficient (Wildman–Crippen LogP) is 4.74. The van der Waals surface area contributed by atoms with Gasteiger partial charge in [0.1, 0.15) is 7.80 Å². The van der Waals surface area contributed by atoms with Crippen LogP contribution >= 0.6 is 7.80 Å². The zero-order valence-electron chi connectivity index (χ0n) is 11.5. The van der Waals surface area contributed by atoms with Gasteiger partial charge in [-0.3, -0.25) is 4.79 Å². The number of hydrogen-bond acceptors (Lipinski definition) is 2. The van der Waals surface area contributed by atoms with Gasteiger partial charge in [0.15, 0.2) is 0 Å². The standard InChI is InChI=1S/C18H15O2P/c19-18(21(20)13-14-7-2-1-3-8-14)17-12-6-10-15-9-4-5-11-16(15)17/h1-12,21H,13H2. The second-order valence-corrected chi connectivity index (χ2v) is 6.60. The van der Waals surface area contributed by atoms with Crippen LogP contribution in [0.4, 0.5) is 0 Å². The van der Waals surface area contributed by atoms with E-state index in [9.17, 15) is 9.36 Å². The largest absolute Gasteiger partial charge is 0.318 e. The van der Waals surface area contributed by atoms with Crippen LogP contribution < -0.4 is 0 Å². The first-order valence-corrected chi connectivity index (χ1v) is 8.46. The maximum atomic E-state index is 12.5. The highest BCUT2D eigenvalue weighted by Crippen LogP contribution is 2.34. The van der Waals surface area contributed by atoms with Crippen molar-refractivity contribution in [2.24, 2.45) is 0 Å². The molecular weight excluding hydrogens is 279 g/mol. The lowest BCUT2D eigenvalue weighted by Crippen LogP contribution is -1.96. The van der Waals surface area contributed by atoms with Gasteiger partial charge in [-0.2, -0.15) is 0 Å². The van der Waals surface area contributed by atoms with Crippen molar-refractivity contribution in [1.29, 1.82) is 0 Å². The Morgan fingerprint density at radius 2 is 1.48 bits per heavy atom. The molecular formula is C18H15O2P. The lowest BCUT2D eigenvalue weighted by molar-refractivity contribution is 0.107. The molecule has 3 rings (SSSR count). The third-order valence-electron chi connectivity index (χ3n) is 3.50. The molecule has 0 amide bonds. The summed E-state index contributed by atoms with van der Waals surface area (Å²) in [6.45, 7) is 0. The lowest BCUT2D eigenvalue weighted by atomic mass is 10.1. The summed E-state index contributed by atoms with van der Waals surface area (Å²) in [5.74, 6) is 0. The Hall–Kier alpha value is -2.18. The quantitative estimate of drug-likeness (QED) is 0.651. The molecule has 3 aromatic carbocycles. The van der Waals surface area contributed by atoms with Gasteiger partial charge in [0.05, 0.1) is 0 Å². The van der Waals surface area contributed by atoms with Gasteiger partial charge in [0.2, 0.25) is 5.52 Å². The molecule has 1 unspecified atom stereocenters. The monoisotopic (exact) mass is 294 g/mol. The highest BCUT2D eigenvalue weighted by Gasteiger charge is 2.16. The molecule has 1 atom stereocenters. The first kappa shape index (κ1) is 13.8. The van der Waals surface area contributed by atoms with Gasteiger partial charge in [0, 0.05) is 11.7 Å². The molecule has 0 aliphatic rings. The van der Waals surface area contributed by atoms with Gasteiger partial charge in [-0.1, -0.05) is 72.8 Å². The topological polar surface area (TPSA) is 34.1 Å². The van der Waals surface area contributed by atoms with Gasteiger partial charge in [-0.15, -0.1) is 0 Å². The van der Waals surface area contributed by atoms with E-state index < -0.39 is 7.80 Å². The summed E-state index contributed by atoms with van der Waals surface area (Å²) in [6, 6.07) is 22.8. The zero-order valence-corrected chi connectivity index (χ0v) is 12.5. The number of benzene rings is 3. The van der Waals surface area contributed by atoms with Crippen LogP contribution in [0.5, 0.6) is 0 Å². The number of rotatable bonds is 4. The number of hydrogen-bond donors (Lipinski definition) is 0. The molecule has 3 aromatic rings. The van der Waals surface area contributed by atoms with E-state index >= 15 is 0 Å². The smallest absolute Gasteiger partial charge is 0.219 e. The summed E-state index contributed by atoms with van der Waals surface area (Å²) in [6.07, 6.45) is 0.327. The first-order chi connectivity index (χ1) is 10.3. The second-order valence-electron chi connectivity index (χ2n) is 4.94. The van der Waals surface area contributed by atoms with E-state index in [2.05, 4.69) is 0 Å². The van der Waals surface area contributed by atoms with Crippen LogP contribution in [0.1, 0.15) is 15.9 Å². The van der Waals surface area contributed by atoms with Gasteiger partial charge in [0.25, 0.3) is 0 Å². The maximum absolute atomic E-state index is 12.5. The number of fused-ring (bicyclic) bond motifs is 1. The molecule has 0 heterocycles. The molecule has 0 aromatic heterocycles. The van der Waals surface area contributed by atoms with Gasteiger partial charge in [-0.05, 0) is 16.3 Å². The molecule has 0 bridgehead atoms. The molecule has 0 radical (unpaired) electrons. The molecule has 21 heavy (non-hydrogen) atoms. The van der Waals surface area contributed by atoms with E-state index in [-0.39, 0.29) is 5.52 Å². The Labute approximate surface area is 124 Å². The van der Waals surface area contributed by atoms with Crippen molar-refractivity contribution in [3.8, 4) is 0 Å². The Balaban J connectivity index is 1.92. The van der Waals surface area contributed by atoms with E-state index in [1.807, 2.05) is 66.7 Å². The van der Waals surface area contributed by atoms with E-state index in [0.29, 0.717) is 11.7 Å². The number of carbonyl (C=O) groups is 1. The molecule has 2 nitrogen and oxygen atoms in total. The van der Waals surface area contributed by atoms with Crippen LogP contribution in [0.2, 0.25) is 0 Å². The maximum Gasteiger partial charge on any atom is 0.219 e. The number of carbonyl (C=O) groups excluding carboxylic acids is 1. The van der Waals surface area contributed by atoms with Crippen LogP contribution in [-0.2, 0) is 10.7 Å². The van der Waals surface area contributed by atoms with Crippen molar-refractivity contribution >= 4 is 24.1 Å². The van der Waals surface area contributed by atoms with Crippen LogP contribution in [0.15, 0.2) is 72.8 Å². The normalized spacial score (nSPS) is 12.2. The third-order valence-corrected chi connectivity index (χ3v) is 5.00. The van der Waals surface area contributed by atoms with Crippen LogP contribution in [0, 0.1) is 0 Å². The minimum atomic E-state index is -2.35. The van der Waals surface area contributed by atoms with Crippen LogP contribution in [-0.4, -0.2) is 5.52 Å². The molecule has 0 saturated heterocycles. The molecule has 0 N–H and O–H groups in total. The average Bonchev–Trinajstić information content (AvgIpc) is 2.54. The van der Waals surface area contributed by atoms with Crippen molar-refractivity contribution < 1.29 is 9.36 Å². The fourth-order valence-corrected chi connectivity index (χ4v) is 3.72. The fourth-order valence-electron chi connectivity index (χ4n) is 2.44. The highest BCUT2D eigenvalue weighted by molar-refractivity contribution is 7.63. The summed E-state index contributed by atoms with van der Waals surface area (Å²) < 4.78 is 12.4. The van der Waals surface area contributed by atoms with Gasteiger partial charge in [-0.25, -0.2) is 0 Å². The Kier molecular flexibility index (Phi) is 3.98. The predicted molar refractivity (Wildman–Crippen MR) is 87.4 cm³/mol. The average molecular weight is 294 g/mol. The third kappa shape index (κ3) is 2.96. The Bertz CT molecular complexity index is 804.